The van der Waals surface area contributed by atoms with Crippen LogP contribution in [0.25, 0.3) is 0 Å². The maximum Gasteiger partial charge on any atom is 0.323 e. The Balaban J connectivity index is 4.05. The first-order valence-electron chi connectivity index (χ1n) is 4.97. The van der Waals surface area contributed by atoms with Crippen molar-refractivity contribution in [2.24, 2.45) is 5.73 Å². The molecular formula is C10H21NO2S. The van der Waals surface area contributed by atoms with Crippen LogP contribution in [-0.4, -0.2) is 27.1 Å². The van der Waals surface area contributed by atoms with E-state index in [2.05, 4.69) is 13.8 Å². The van der Waals surface area contributed by atoms with Gasteiger partial charge in [0.1, 0.15) is 5.54 Å². The highest BCUT2D eigenvalue weighted by atomic mass is 32.2. The average Bonchev–Trinajstić information content (AvgIpc) is 2.02. The SMILES string of the molecule is CCC(C)SC(C)CC(C)(N)C(=O)O. The summed E-state index contributed by atoms with van der Waals surface area (Å²) in [6, 6.07) is 0. The van der Waals surface area contributed by atoms with Gasteiger partial charge in [0.2, 0.25) is 0 Å². The van der Waals surface area contributed by atoms with Gasteiger partial charge in [-0.25, -0.2) is 0 Å². The molecule has 3 atom stereocenters. The number of carbonyl (C=O) groups is 1. The van der Waals surface area contributed by atoms with Crippen LogP contribution < -0.4 is 5.73 Å². The molecule has 0 radical (unpaired) electrons. The molecule has 3 N–H and O–H groups in total. The van der Waals surface area contributed by atoms with Gasteiger partial charge in [-0.15, -0.1) is 0 Å². The maximum atomic E-state index is 10.8. The summed E-state index contributed by atoms with van der Waals surface area (Å²) in [5.41, 5.74) is 4.57. The Hall–Kier alpha value is -0.220. The van der Waals surface area contributed by atoms with Crippen LogP contribution >= 0.6 is 11.8 Å². The molecule has 0 aliphatic heterocycles. The van der Waals surface area contributed by atoms with Crippen molar-refractivity contribution in [1.29, 1.82) is 0 Å². The number of hydrogen-bond acceptors (Lipinski definition) is 3. The molecular weight excluding hydrogens is 198 g/mol. The minimum atomic E-state index is -1.10. The number of aliphatic carboxylic acids is 1. The normalized spacial score (nSPS) is 19.8. The number of thioether (sulfide) groups is 1. The third-order valence-electron chi connectivity index (χ3n) is 2.24. The van der Waals surface area contributed by atoms with Gasteiger partial charge in [0.05, 0.1) is 0 Å². The molecule has 0 fully saturated rings. The highest BCUT2D eigenvalue weighted by Gasteiger charge is 2.30. The first-order chi connectivity index (χ1) is 6.29. The molecule has 0 spiro atoms. The van der Waals surface area contributed by atoms with E-state index in [1.54, 1.807) is 18.7 Å². The molecule has 0 aliphatic carbocycles. The summed E-state index contributed by atoms with van der Waals surface area (Å²) in [5, 5.41) is 9.70. The highest BCUT2D eigenvalue weighted by Crippen LogP contribution is 2.25. The molecule has 3 nitrogen and oxygen atoms in total. The number of carboxylic acids is 1. The van der Waals surface area contributed by atoms with E-state index < -0.39 is 11.5 Å². The molecule has 0 saturated heterocycles. The van der Waals surface area contributed by atoms with Crippen LogP contribution in [0.15, 0.2) is 0 Å². The van der Waals surface area contributed by atoms with Crippen LogP contribution in [0, 0.1) is 0 Å². The zero-order valence-corrected chi connectivity index (χ0v) is 10.2. The van der Waals surface area contributed by atoms with Crippen LogP contribution in [0.2, 0.25) is 0 Å². The summed E-state index contributed by atoms with van der Waals surface area (Å²) in [5.74, 6) is -0.922. The fourth-order valence-electron chi connectivity index (χ4n) is 1.23. The fourth-order valence-corrected chi connectivity index (χ4v) is 2.65. The number of rotatable bonds is 6. The van der Waals surface area contributed by atoms with Gasteiger partial charge in [-0.2, -0.15) is 11.8 Å². The van der Waals surface area contributed by atoms with Crippen LogP contribution in [0.1, 0.15) is 40.5 Å². The minimum Gasteiger partial charge on any atom is -0.480 e. The summed E-state index contributed by atoms with van der Waals surface area (Å²) in [6.45, 7) is 7.88. The molecule has 0 aromatic carbocycles. The van der Waals surface area contributed by atoms with Crippen LogP contribution in [0.3, 0.4) is 0 Å². The third kappa shape index (κ3) is 4.86. The molecule has 0 heterocycles. The molecule has 0 aromatic rings. The van der Waals surface area contributed by atoms with Gasteiger partial charge in [-0.3, -0.25) is 4.79 Å². The van der Waals surface area contributed by atoms with Crippen molar-refractivity contribution < 1.29 is 9.90 Å². The lowest BCUT2D eigenvalue weighted by Gasteiger charge is -2.24. The van der Waals surface area contributed by atoms with E-state index in [9.17, 15) is 4.79 Å². The quantitative estimate of drug-likeness (QED) is 0.718. The first-order valence-corrected chi connectivity index (χ1v) is 5.91. The summed E-state index contributed by atoms with van der Waals surface area (Å²) >= 11 is 1.80. The van der Waals surface area contributed by atoms with Gasteiger partial charge in [0.15, 0.2) is 0 Å². The Kier molecular flexibility index (Phi) is 5.52. The molecule has 0 aliphatic rings. The molecule has 84 valence electrons. The van der Waals surface area contributed by atoms with E-state index in [1.165, 1.54) is 0 Å². The molecule has 0 bridgehead atoms. The number of hydrogen-bond donors (Lipinski definition) is 2. The zero-order valence-electron chi connectivity index (χ0n) is 9.41. The third-order valence-corrected chi connectivity index (χ3v) is 3.67. The van der Waals surface area contributed by atoms with E-state index in [0.29, 0.717) is 11.7 Å². The average molecular weight is 219 g/mol. The van der Waals surface area contributed by atoms with Crippen molar-refractivity contribution in [2.45, 2.75) is 56.6 Å². The van der Waals surface area contributed by atoms with Crippen LogP contribution in [-0.2, 0) is 4.79 Å². The summed E-state index contributed by atoms with van der Waals surface area (Å²) in [7, 11) is 0. The van der Waals surface area contributed by atoms with Crippen LogP contribution in [0.5, 0.6) is 0 Å². The second-order valence-electron chi connectivity index (χ2n) is 4.09. The van der Waals surface area contributed by atoms with Crippen molar-refractivity contribution in [3.05, 3.63) is 0 Å². The van der Waals surface area contributed by atoms with Crippen molar-refractivity contribution in [3.8, 4) is 0 Å². The molecule has 0 amide bonds. The molecule has 0 aromatic heterocycles. The van der Waals surface area contributed by atoms with Crippen molar-refractivity contribution in [2.75, 3.05) is 0 Å². The lowest BCUT2D eigenvalue weighted by Crippen LogP contribution is -2.46. The lowest BCUT2D eigenvalue weighted by atomic mass is 9.98. The molecule has 14 heavy (non-hydrogen) atoms. The Labute approximate surface area is 90.4 Å². The first kappa shape index (κ1) is 13.8. The van der Waals surface area contributed by atoms with E-state index >= 15 is 0 Å². The topological polar surface area (TPSA) is 63.3 Å². The molecule has 0 rings (SSSR count). The van der Waals surface area contributed by atoms with Gasteiger partial charge in [0.25, 0.3) is 0 Å². The van der Waals surface area contributed by atoms with Gasteiger partial charge >= 0.3 is 5.97 Å². The minimum absolute atomic E-state index is 0.288. The summed E-state index contributed by atoms with van der Waals surface area (Å²) in [6.07, 6.45) is 1.61. The number of carboxylic acid groups (broad SMARTS) is 1. The molecule has 0 saturated carbocycles. The second kappa shape index (κ2) is 5.61. The van der Waals surface area contributed by atoms with Gasteiger partial charge in [0, 0.05) is 10.5 Å². The largest absolute Gasteiger partial charge is 0.480 e. The Morgan fingerprint density at radius 2 is 2.00 bits per heavy atom. The Morgan fingerprint density at radius 1 is 1.50 bits per heavy atom. The predicted molar refractivity (Wildman–Crippen MR) is 61.7 cm³/mol. The maximum absolute atomic E-state index is 10.8. The van der Waals surface area contributed by atoms with Gasteiger partial charge < -0.3 is 10.8 Å². The molecule has 3 unspecified atom stereocenters. The number of nitrogens with two attached hydrogens (primary N) is 1. The van der Waals surface area contributed by atoms with Gasteiger partial charge in [-0.05, 0) is 19.8 Å². The lowest BCUT2D eigenvalue weighted by molar-refractivity contribution is -0.142. The van der Waals surface area contributed by atoms with Crippen molar-refractivity contribution in [1.82, 2.24) is 0 Å². The fraction of sp³-hybridized carbons (Fsp3) is 0.900. The van der Waals surface area contributed by atoms with Crippen LogP contribution in [0.4, 0.5) is 0 Å². The summed E-state index contributed by atoms with van der Waals surface area (Å²) < 4.78 is 0. The Morgan fingerprint density at radius 3 is 2.36 bits per heavy atom. The van der Waals surface area contributed by atoms with Crippen molar-refractivity contribution in [3.63, 3.8) is 0 Å². The van der Waals surface area contributed by atoms with Gasteiger partial charge in [-0.1, -0.05) is 20.8 Å². The highest BCUT2D eigenvalue weighted by molar-refractivity contribution is 8.00. The second-order valence-corrected chi connectivity index (χ2v) is 5.97. The standard InChI is InChI=1S/C10H21NO2S/c1-5-7(2)14-8(3)6-10(4,11)9(12)13/h7-8H,5-6,11H2,1-4H3,(H,12,13). The molecule has 4 heteroatoms. The van der Waals surface area contributed by atoms with E-state index in [4.69, 9.17) is 10.8 Å². The zero-order chi connectivity index (χ0) is 11.4. The summed E-state index contributed by atoms with van der Waals surface area (Å²) in [4.78, 5) is 10.8. The Bertz CT molecular complexity index is 195. The van der Waals surface area contributed by atoms with E-state index in [0.717, 1.165) is 6.42 Å². The monoisotopic (exact) mass is 219 g/mol. The van der Waals surface area contributed by atoms with E-state index in [1.807, 2.05) is 6.92 Å². The van der Waals surface area contributed by atoms with Crippen molar-refractivity contribution >= 4 is 17.7 Å². The van der Waals surface area contributed by atoms with E-state index in [-0.39, 0.29) is 5.25 Å². The smallest absolute Gasteiger partial charge is 0.323 e. The predicted octanol–water partition coefficient (Wildman–Crippen LogP) is 2.10.